The lowest BCUT2D eigenvalue weighted by Gasteiger charge is -2.42. The topological polar surface area (TPSA) is 15.3 Å². The average Bonchev–Trinajstić information content (AvgIpc) is 3.12. The van der Waals surface area contributed by atoms with Crippen molar-refractivity contribution in [3.8, 4) is 22.3 Å². The van der Waals surface area contributed by atoms with Crippen molar-refractivity contribution in [3.05, 3.63) is 180 Å². The molecule has 0 fully saturated rings. The molecule has 0 aromatic heterocycles. The molecule has 0 spiro atoms. The fraction of sp³-hybridized carbons (Fsp3) is 0.111. The molecule has 1 aliphatic carbocycles. The lowest BCUT2D eigenvalue weighted by atomic mass is 9.73. The van der Waals surface area contributed by atoms with Crippen LogP contribution in [0.1, 0.15) is 43.4 Å². The predicted octanol–water partition coefficient (Wildman–Crippen LogP) is 12.1. The molecule has 1 heterocycles. The second-order valence-corrected chi connectivity index (χ2v) is 13.1. The van der Waals surface area contributed by atoms with Gasteiger partial charge < -0.3 is 10.2 Å². The van der Waals surface area contributed by atoms with Gasteiger partial charge in [-0.15, -0.1) is 0 Å². The second kappa shape index (κ2) is 12.0. The third-order valence-electron chi connectivity index (χ3n) is 9.74. The highest BCUT2D eigenvalue weighted by atomic mass is 15.2. The first-order chi connectivity index (χ1) is 23.0. The molecule has 0 atom stereocenters. The van der Waals surface area contributed by atoms with Crippen molar-refractivity contribution in [1.82, 2.24) is 5.32 Å². The van der Waals surface area contributed by atoms with Gasteiger partial charge in [0.05, 0.1) is 11.4 Å². The molecule has 1 N–H and O–H groups in total. The molecule has 0 saturated carbocycles. The molecule has 2 heteroatoms. The SMILES string of the molecule is CC1(C)c2ccccc2N(c2ccc3ccccc3c2)c2ccc(-c3ccc(-c4ccc(/C=C/NC5=CC=CCC5)cc4)cc3)cc21. The lowest BCUT2D eigenvalue weighted by molar-refractivity contribution is 0.632. The van der Waals surface area contributed by atoms with Gasteiger partial charge in [-0.05, 0) is 105 Å². The molecule has 2 aliphatic rings. The van der Waals surface area contributed by atoms with Crippen LogP contribution in [-0.4, -0.2) is 0 Å². The third-order valence-corrected chi connectivity index (χ3v) is 9.74. The highest BCUT2D eigenvalue weighted by Crippen LogP contribution is 2.52. The van der Waals surface area contributed by atoms with Crippen molar-refractivity contribution in [2.45, 2.75) is 32.1 Å². The molecule has 0 radical (unpaired) electrons. The number of hydrogen-bond donors (Lipinski definition) is 1. The van der Waals surface area contributed by atoms with Crippen molar-refractivity contribution >= 4 is 33.9 Å². The molecule has 0 unspecified atom stereocenters. The van der Waals surface area contributed by atoms with Crippen molar-refractivity contribution < 1.29 is 0 Å². The molecule has 6 aromatic rings. The molecule has 0 amide bonds. The van der Waals surface area contributed by atoms with Gasteiger partial charge in [0, 0.05) is 23.0 Å². The van der Waals surface area contributed by atoms with E-state index in [1.807, 2.05) is 6.20 Å². The molecular weight excluding hydrogens is 569 g/mol. The Kier molecular flexibility index (Phi) is 7.34. The quantitative estimate of drug-likeness (QED) is 0.203. The first-order valence-electron chi connectivity index (χ1n) is 16.6. The van der Waals surface area contributed by atoms with Gasteiger partial charge >= 0.3 is 0 Å². The molecular formula is C45H38N2. The van der Waals surface area contributed by atoms with Crippen LogP contribution in [0.4, 0.5) is 17.1 Å². The molecule has 2 nitrogen and oxygen atoms in total. The van der Waals surface area contributed by atoms with E-state index in [4.69, 9.17) is 0 Å². The van der Waals surface area contributed by atoms with E-state index in [9.17, 15) is 0 Å². The van der Waals surface area contributed by atoms with Crippen LogP contribution in [0.25, 0.3) is 39.1 Å². The Hall–Kier alpha value is -5.60. The summed E-state index contributed by atoms with van der Waals surface area (Å²) in [6.45, 7) is 4.71. The number of para-hydroxylation sites is 1. The molecule has 8 rings (SSSR count). The summed E-state index contributed by atoms with van der Waals surface area (Å²) in [4.78, 5) is 2.44. The number of nitrogens with zero attached hydrogens (tertiary/aromatic N) is 1. The molecule has 1 aliphatic heterocycles. The minimum atomic E-state index is -0.147. The average molecular weight is 607 g/mol. The summed E-state index contributed by atoms with van der Waals surface area (Å²) in [6.07, 6.45) is 12.8. The maximum absolute atomic E-state index is 3.41. The molecule has 0 saturated heterocycles. The van der Waals surface area contributed by atoms with E-state index >= 15 is 0 Å². The van der Waals surface area contributed by atoms with Gasteiger partial charge in [-0.3, -0.25) is 0 Å². The van der Waals surface area contributed by atoms with Gasteiger partial charge in [-0.2, -0.15) is 0 Å². The highest BCUT2D eigenvalue weighted by molar-refractivity contribution is 5.92. The zero-order chi connectivity index (χ0) is 31.8. The van der Waals surface area contributed by atoms with E-state index in [1.165, 1.54) is 72.5 Å². The van der Waals surface area contributed by atoms with Crippen LogP contribution in [0.5, 0.6) is 0 Å². The van der Waals surface area contributed by atoms with Gasteiger partial charge in [0.1, 0.15) is 0 Å². The Morgan fingerprint density at radius 3 is 2.04 bits per heavy atom. The molecule has 228 valence electrons. The predicted molar refractivity (Wildman–Crippen MR) is 200 cm³/mol. The van der Waals surface area contributed by atoms with E-state index in [2.05, 4.69) is 182 Å². The summed E-state index contributed by atoms with van der Waals surface area (Å²) in [7, 11) is 0. The van der Waals surface area contributed by atoms with Crippen molar-refractivity contribution in [1.29, 1.82) is 0 Å². The number of benzene rings is 6. The van der Waals surface area contributed by atoms with E-state index < -0.39 is 0 Å². The zero-order valence-corrected chi connectivity index (χ0v) is 26.9. The first-order valence-corrected chi connectivity index (χ1v) is 16.6. The van der Waals surface area contributed by atoms with Crippen LogP contribution < -0.4 is 10.2 Å². The largest absolute Gasteiger partial charge is 0.365 e. The Balaban J connectivity index is 1.09. The summed E-state index contributed by atoms with van der Waals surface area (Å²) in [5, 5.41) is 5.92. The molecule has 0 bridgehead atoms. The zero-order valence-electron chi connectivity index (χ0n) is 26.9. The number of rotatable bonds is 6. The van der Waals surface area contributed by atoms with Gasteiger partial charge in [0.2, 0.25) is 0 Å². The summed E-state index contributed by atoms with van der Waals surface area (Å²) in [5.74, 6) is 0. The molecule has 47 heavy (non-hydrogen) atoms. The number of nitrogens with one attached hydrogen (secondary N) is 1. The minimum Gasteiger partial charge on any atom is -0.365 e. The van der Waals surface area contributed by atoms with Crippen LogP contribution in [0.3, 0.4) is 0 Å². The number of fused-ring (bicyclic) bond motifs is 3. The maximum Gasteiger partial charge on any atom is 0.0503 e. The number of hydrogen-bond acceptors (Lipinski definition) is 2. The summed E-state index contributed by atoms with van der Waals surface area (Å²) in [5.41, 5.74) is 13.5. The Bertz CT molecular complexity index is 2180. The van der Waals surface area contributed by atoms with E-state index in [-0.39, 0.29) is 5.41 Å². The van der Waals surface area contributed by atoms with Gasteiger partial charge in [0.15, 0.2) is 0 Å². The van der Waals surface area contributed by atoms with Crippen LogP contribution >= 0.6 is 0 Å². The smallest absolute Gasteiger partial charge is 0.0503 e. The van der Waals surface area contributed by atoms with E-state index in [0.29, 0.717) is 0 Å². The van der Waals surface area contributed by atoms with Crippen molar-refractivity contribution in [2.75, 3.05) is 4.90 Å². The normalized spacial score (nSPS) is 14.9. The monoisotopic (exact) mass is 606 g/mol. The van der Waals surface area contributed by atoms with E-state index in [1.54, 1.807) is 0 Å². The maximum atomic E-state index is 3.41. The Morgan fingerprint density at radius 1 is 0.617 bits per heavy atom. The van der Waals surface area contributed by atoms with Gasteiger partial charge in [-0.1, -0.05) is 129 Å². The molecule has 6 aromatic carbocycles. The summed E-state index contributed by atoms with van der Waals surface area (Å²) < 4.78 is 0. The number of allylic oxidation sites excluding steroid dienone is 4. The van der Waals surface area contributed by atoms with Crippen molar-refractivity contribution in [3.63, 3.8) is 0 Å². The Morgan fingerprint density at radius 2 is 1.28 bits per heavy atom. The standard InChI is InChI=1S/C45H38N2/c1-45(2)41-14-8-9-15-43(41)47(40-26-24-33-10-6-7-11-37(33)30-40)44-27-25-38(31-42(44)45)36-22-20-35(21-23-36)34-18-16-32(17-19-34)28-29-46-39-12-4-3-5-13-39/h3-4,6-12,14-31,46H,5,13H2,1-2H3/b29-28+. The lowest BCUT2D eigenvalue weighted by Crippen LogP contribution is -2.30. The van der Waals surface area contributed by atoms with Crippen LogP contribution in [0.15, 0.2) is 164 Å². The summed E-state index contributed by atoms with van der Waals surface area (Å²) >= 11 is 0. The van der Waals surface area contributed by atoms with Crippen LogP contribution in [0, 0.1) is 0 Å². The Labute approximate surface area is 278 Å². The minimum absolute atomic E-state index is 0.147. The summed E-state index contributed by atoms with van der Waals surface area (Å²) in [6, 6.07) is 49.0. The highest BCUT2D eigenvalue weighted by Gasteiger charge is 2.37. The van der Waals surface area contributed by atoms with E-state index in [0.717, 1.165) is 12.8 Å². The van der Waals surface area contributed by atoms with Crippen LogP contribution in [0.2, 0.25) is 0 Å². The second-order valence-electron chi connectivity index (χ2n) is 13.1. The van der Waals surface area contributed by atoms with Crippen molar-refractivity contribution in [2.24, 2.45) is 0 Å². The van der Waals surface area contributed by atoms with Gasteiger partial charge in [0.25, 0.3) is 0 Å². The number of anilines is 3. The third kappa shape index (κ3) is 5.47. The fourth-order valence-electron chi connectivity index (χ4n) is 7.09. The van der Waals surface area contributed by atoms with Gasteiger partial charge in [-0.25, -0.2) is 0 Å². The fourth-order valence-corrected chi connectivity index (χ4v) is 7.09. The first kappa shape index (κ1) is 28.8. The van der Waals surface area contributed by atoms with Crippen LogP contribution in [-0.2, 0) is 5.41 Å².